The molecular weight excluding hydrogens is 324 g/mol. The lowest BCUT2D eigenvalue weighted by atomic mass is 10.1. The maximum Gasteiger partial charge on any atom is 0.248 e. The summed E-state index contributed by atoms with van der Waals surface area (Å²) in [6.45, 7) is 1.35. The molecule has 6 heteroatoms. The Kier molecular flexibility index (Phi) is 4.34. The fraction of sp³-hybridized carbons (Fsp3) is 0.214. The number of Topliss-reactive ketones (excluding diaryl/α,β-unsaturated/α-hetero) is 1. The number of hydrogen-bond acceptors (Lipinski definition) is 3. The van der Waals surface area contributed by atoms with Gasteiger partial charge in [-0.15, -0.1) is 0 Å². The Hall–Kier alpha value is -1.95. The summed E-state index contributed by atoms with van der Waals surface area (Å²) in [6.07, 6.45) is 1.64. The van der Waals surface area contributed by atoms with Crippen LogP contribution in [0.2, 0.25) is 0 Å². The first-order valence-corrected chi connectivity index (χ1v) is 6.82. The molecule has 0 saturated carbocycles. The van der Waals surface area contributed by atoms with Crippen molar-refractivity contribution >= 4 is 45.3 Å². The van der Waals surface area contributed by atoms with E-state index < -0.39 is 5.91 Å². The molecule has 1 heterocycles. The van der Waals surface area contributed by atoms with Crippen molar-refractivity contribution in [1.82, 2.24) is 5.32 Å². The van der Waals surface area contributed by atoms with Gasteiger partial charge in [0.15, 0.2) is 0 Å². The summed E-state index contributed by atoms with van der Waals surface area (Å²) in [5.74, 6) is -0.793. The van der Waals surface area contributed by atoms with Crippen molar-refractivity contribution in [3.8, 4) is 0 Å². The molecule has 1 aromatic rings. The van der Waals surface area contributed by atoms with Gasteiger partial charge in [-0.05, 0) is 30.7 Å². The van der Waals surface area contributed by atoms with Gasteiger partial charge in [-0.2, -0.15) is 0 Å². The summed E-state index contributed by atoms with van der Waals surface area (Å²) in [5.41, 5.74) is 1.75. The Morgan fingerprint density at radius 3 is 2.85 bits per heavy atom. The smallest absolute Gasteiger partial charge is 0.248 e. The average Bonchev–Trinajstić information content (AvgIpc) is 2.53. The number of hydrogen-bond donors (Lipinski definition) is 2. The largest absolute Gasteiger partial charge is 0.345 e. The van der Waals surface area contributed by atoms with Crippen LogP contribution in [0, 0.1) is 0 Å². The summed E-state index contributed by atoms with van der Waals surface area (Å²) in [6, 6.07) is 5.42. The molecular formula is C14H13BrN2O3. The Labute approximate surface area is 124 Å². The van der Waals surface area contributed by atoms with Gasteiger partial charge in [0.25, 0.3) is 0 Å². The molecule has 20 heavy (non-hydrogen) atoms. The number of anilines is 1. The highest BCUT2D eigenvalue weighted by Gasteiger charge is 2.19. The molecule has 0 unspecified atom stereocenters. The molecule has 0 spiro atoms. The van der Waals surface area contributed by atoms with Crippen molar-refractivity contribution in [1.29, 1.82) is 0 Å². The van der Waals surface area contributed by atoms with Crippen molar-refractivity contribution in [2.24, 2.45) is 0 Å². The van der Waals surface area contributed by atoms with E-state index in [1.165, 1.54) is 6.92 Å². The number of rotatable bonds is 3. The third kappa shape index (κ3) is 3.54. The number of carbonyl (C=O) groups excluding carboxylic acids is 3. The summed E-state index contributed by atoms with van der Waals surface area (Å²) >= 11 is 3.33. The van der Waals surface area contributed by atoms with Crippen LogP contribution in [-0.4, -0.2) is 24.1 Å². The van der Waals surface area contributed by atoms with Crippen molar-refractivity contribution in [3.63, 3.8) is 0 Å². The molecule has 0 radical (unpaired) electrons. The van der Waals surface area contributed by atoms with Gasteiger partial charge in [-0.1, -0.05) is 22.0 Å². The van der Waals surface area contributed by atoms with Gasteiger partial charge >= 0.3 is 0 Å². The number of nitrogens with one attached hydrogen (secondary N) is 2. The maximum atomic E-state index is 12.0. The van der Waals surface area contributed by atoms with E-state index in [9.17, 15) is 14.4 Å². The van der Waals surface area contributed by atoms with E-state index in [0.717, 1.165) is 10.0 Å². The zero-order valence-corrected chi connectivity index (χ0v) is 12.4. The summed E-state index contributed by atoms with van der Waals surface area (Å²) in [7, 11) is 0. The minimum atomic E-state index is -0.397. The molecule has 0 aliphatic carbocycles. The van der Waals surface area contributed by atoms with Crippen molar-refractivity contribution in [2.75, 3.05) is 11.9 Å². The lowest BCUT2D eigenvalue weighted by Gasteiger charge is -2.05. The van der Waals surface area contributed by atoms with Crippen molar-refractivity contribution in [3.05, 3.63) is 33.8 Å². The molecule has 2 N–H and O–H groups in total. The lowest BCUT2D eigenvalue weighted by molar-refractivity contribution is -0.122. The van der Waals surface area contributed by atoms with E-state index in [1.807, 2.05) is 12.1 Å². The number of fused-ring (bicyclic) bond motifs is 1. The third-order valence-electron chi connectivity index (χ3n) is 2.76. The van der Waals surface area contributed by atoms with Crippen LogP contribution >= 0.6 is 15.9 Å². The van der Waals surface area contributed by atoms with Gasteiger partial charge in [0.2, 0.25) is 11.8 Å². The summed E-state index contributed by atoms with van der Waals surface area (Å²) in [4.78, 5) is 34.6. The van der Waals surface area contributed by atoms with Crippen LogP contribution in [0.1, 0.15) is 18.9 Å². The van der Waals surface area contributed by atoms with E-state index in [-0.39, 0.29) is 24.7 Å². The third-order valence-corrected chi connectivity index (χ3v) is 3.25. The van der Waals surface area contributed by atoms with Gasteiger partial charge in [0.1, 0.15) is 5.78 Å². The molecule has 0 saturated heterocycles. The number of carbonyl (C=O) groups is 3. The SMILES string of the molecule is CC(=O)CNC(=O)C1=Cc2ccc(Br)cc2NC(=O)C1. The fourth-order valence-corrected chi connectivity index (χ4v) is 2.19. The van der Waals surface area contributed by atoms with Crippen LogP contribution in [-0.2, 0) is 14.4 Å². The van der Waals surface area contributed by atoms with Crippen LogP contribution in [0.3, 0.4) is 0 Å². The highest BCUT2D eigenvalue weighted by molar-refractivity contribution is 9.10. The Morgan fingerprint density at radius 2 is 2.15 bits per heavy atom. The molecule has 0 bridgehead atoms. The molecule has 1 aromatic carbocycles. The molecule has 1 aliphatic rings. The molecule has 5 nitrogen and oxygen atoms in total. The second-order valence-electron chi connectivity index (χ2n) is 4.51. The predicted molar refractivity (Wildman–Crippen MR) is 79.1 cm³/mol. The number of halogens is 1. The van der Waals surface area contributed by atoms with Crippen LogP contribution in [0.15, 0.2) is 28.2 Å². The van der Waals surface area contributed by atoms with Gasteiger partial charge in [0, 0.05) is 15.7 Å². The maximum absolute atomic E-state index is 12.0. The topological polar surface area (TPSA) is 75.3 Å². The summed E-state index contributed by atoms with van der Waals surface area (Å²) < 4.78 is 0.842. The van der Waals surface area contributed by atoms with Crippen LogP contribution < -0.4 is 10.6 Å². The van der Waals surface area contributed by atoms with E-state index in [0.29, 0.717) is 11.3 Å². The Bertz CT molecular complexity index is 623. The normalized spacial score (nSPS) is 13.7. The first-order chi connectivity index (χ1) is 9.45. The number of amides is 2. The number of ketones is 1. The molecule has 1 aliphatic heterocycles. The van der Waals surface area contributed by atoms with E-state index in [4.69, 9.17) is 0 Å². The predicted octanol–water partition coefficient (Wildman–Crippen LogP) is 1.88. The standard InChI is InChI=1S/C14H13BrN2O3/c1-8(18)7-16-14(20)10-4-9-2-3-11(15)6-12(9)17-13(19)5-10/h2-4,6H,5,7H2,1H3,(H,16,20)(H,17,19). The first kappa shape index (κ1) is 14.5. The molecule has 104 valence electrons. The minimum absolute atomic E-state index is 0.0178. The second kappa shape index (κ2) is 6.00. The zero-order chi connectivity index (χ0) is 14.7. The van der Waals surface area contributed by atoms with Gasteiger partial charge < -0.3 is 10.6 Å². The van der Waals surface area contributed by atoms with Crippen molar-refractivity contribution in [2.45, 2.75) is 13.3 Å². The quantitative estimate of drug-likeness (QED) is 0.884. The van der Waals surface area contributed by atoms with Gasteiger partial charge in [0.05, 0.1) is 13.0 Å². The average molecular weight is 337 g/mol. The van der Waals surface area contributed by atoms with Crippen molar-refractivity contribution < 1.29 is 14.4 Å². The fourth-order valence-electron chi connectivity index (χ4n) is 1.83. The Morgan fingerprint density at radius 1 is 1.40 bits per heavy atom. The van der Waals surface area contributed by atoms with Gasteiger partial charge in [-0.3, -0.25) is 14.4 Å². The lowest BCUT2D eigenvalue weighted by Crippen LogP contribution is -2.30. The first-order valence-electron chi connectivity index (χ1n) is 6.03. The summed E-state index contributed by atoms with van der Waals surface area (Å²) in [5, 5.41) is 5.24. The monoisotopic (exact) mass is 336 g/mol. The zero-order valence-electron chi connectivity index (χ0n) is 10.8. The molecule has 0 aromatic heterocycles. The van der Waals surface area contributed by atoms with Crippen LogP contribution in [0.4, 0.5) is 5.69 Å². The number of benzene rings is 1. The van der Waals surface area contributed by atoms with E-state index in [1.54, 1.807) is 12.1 Å². The van der Waals surface area contributed by atoms with E-state index >= 15 is 0 Å². The minimum Gasteiger partial charge on any atom is -0.345 e. The highest BCUT2D eigenvalue weighted by Crippen LogP contribution is 2.27. The highest BCUT2D eigenvalue weighted by atomic mass is 79.9. The molecule has 0 atom stereocenters. The van der Waals surface area contributed by atoms with Crippen LogP contribution in [0.5, 0.6) is 0 Å². The second-order valence-corrected chi connectivity index (χ2v) is 5.43. The molecule has 0 fully saturated rings. The van der Waals surface area contributed by atoms with Crippen LogP contribution in [0.25, 0.3) is 6.08 Å². The Balaban J connectivity index is 2.29. The van der Waals surface area contributed by atoms with Gasteiger partial charge in [-0.25, -0.2) is 0 Å². The van der Waals surface area contributed by atoms with E-state index in [2.05, 4.69) is 26.6 Å². The molecule has 2 amide bonds. The molecule has 2 rings (SSSR count).